The third-order valence-corrected chi connectivity index (χ3v) is 5.16. The van der Waals surface area contributed by atoms with E-state index in [9.17, 15) is 19.2 Å². The average Bonchev–Trinajstić information content (AvgIpc) is 2.60. The molecule has 0 saturated carbocycles. The van der Waals surface area contributed by atoms with Crippen molar-refractivity contribution >= 4 is 35.5 Å². The first kappa shape index (κ1) is 25.2. The van der Waals surface area contributed by atoms with Gasteiger partial charge >= 0.3 is 11.9 Å². The van der Waals surface area contributed by atoms with Crippen LogP contribution >= 0.6 is 11.8 Å². The van der Waals surface area contributed by atoms with E-state index in [1.54, 1.807) is 0 Å². The van der Waals surface area contributed by atoms with Crippen LogP contribution < -0.4 is 16.4 Å². The van der Waals surface area contributed by atoms with E-state index in [0.29, 0.717) is 11.0 Å². The Balaban J connectivity index is 4.63. The predicted molar refractivity (Wildman–Crippen MR) is 103 cm³/mol. The number of aliphatic carboxylic acids is 2. The fourth-order valence-electron chi connectivity index (χ4n) is 2.17. The minimum Gasteiger partial charge on any atom is -0.480 e. The Morgan fingerprint density at radius 2 is 1.78 bits per heavy atom. The smallest absolute Gasteiger partial charge is 0.322 e. The molecule has 0 saturated heterocycles. The number of amides is 2. The maximum absolute atomic E-state index is 12.2. The highest BCUT2D eigenvalue weighted by Gasteiger charge is 2.23. The molecule has 10 heteroatoms. The van der Waals surface area contributed by atoms with Gasteiger partial charge in [0.05, 0.1) is 0 Å². The van der Waals surface area contributed by atoms with Gasteiger partial charge in [-0.1, -0.05) is 33.1 Å². The molecule has 9 nitrogen and oxygen atoms in total. The van der Waals surface area contributed by atoms with E-state index in [1.165, 1.54) is 11.8 Å². The fourth-order valence-corrected chi connectivity index (χ4v) is 3.26. The SMILES string of the molecule is CCCCCC(C)SCC(NC(=O)CC[C@H](N)C(=O)O)C(=O)NCC(=O)O. The van der Waals surface area contributed by atoms with Crippen molar-refractivity contribution in [3.8, 4) is 0 Å². The van der Waals surface area contributed by atoms with E-state index < -0.39 is 42.4 Å². The summed E-state index contributed by atoms with van der Waals surface area (Å²) in [5.74, 6) is -3.16. The zero-order valence-corrected chi connectivity index (χ0v) is 16.7. The third-order valence-electron chi connectivity index (χ3n) is 3.83. The molecule has 0 spiro atoms. The summed E-state index contributed by atoms with van der Waals surface area (Å²) in [4.78, 5) is 45.5. The Kier molecular flexibility index (Phi) is 13.3. The topological polar surface area (TPSA) is 159 Å². The molecule has 0 aliphatic rings. The van der Waals surface area contributed by atoms with Crippen LogP contribution in [0.4, 0.5) is 0 Å². The number of hydrogen-bond donors (Lipinski definition) is 5. The van der Waals surface area contributed by atoms with Gasteiger partial charge in [-0.25, -0.2) is 0 Å². The van der Waals surface area contributed by atoms with Gasteiger partial charge in [0, 0.05) is 17.4 Å². The molecule has 156 valence electrons. The Labute approximate surface area is 163 Å². The summed E-state index contributed by atoms with van der Waals surface area (Å²) in [5.41, 5.74) is 5.36. The van der Waals surface area contributed by atoms with Crippen molar-refractivity contribution < 1.29 is 29.4 Å². The number of nitrogens with two attached hydrogens (primary N) is 1. The fraction of sp³-hybridized carbons (Fsp3) is 0.765. The van der Waals surface area contributed by atoms with Crippen molar-refractivity contribution in [1.82, 2.24) is 10.6 Å². The number of carboxylic acid groups (broad SMARTS) is 2. The van der Waals surface area contributed by atoms with Gasteiger partial charge in [-0.3, -0.25) is 19.2 Å². The minimum atomic E-state index is -1.20. The monoisotopic (exact) mass is 405 g/mol. The molecule has 2 amide bonds. The summed E-state index contributed by atoms with van der Waals surface area (Å²) in [6.45, 7) is 3.62. The van der Waals surface area contributed by atoms with Crippen molar-refractivity contribution in [1.29, 1.82) is 0 Å². The van der Waals surface area contributed by atoms with Crippen molar-refractivity contribution in [2.75, 3.05) is 12.3 Å². The highest BCUT2D eigenvalue weighted by atomic mass is 32.2. The highest BCUT2D eigenvalue weighted by Crippen LogP contribution is 2.18. The first-order valence-corrected chi connectivity index (χ1v) is 10.1. The number of hydrogen-bond acceptors (Lipinski definition) is 6. The lowest BCUT2D eigenvalue weighted by molar-refractivity contribution is -0.139. The molecule has 6 N–H and O–H groups in total. The van der Waals surface area contributed by atoms with E-state index in [1.807, 2.05) is 6.92 Å². The van der Waals surface area contributed by atoms with Gasteiger partial charge in [-0.05, 0) is 12.8 Å². The van der Waals surface area contributed by atoms with Crippen LogP contribution in [-0.2, 0) is 19.2 Å². The van der Waals surface area contributed by atoms with Crippen LogP contribution in [0, 0.1) is 0 Å². The van der Waals surface area contributed by atoms with Gasteiger partial charge in [-0.15, -0.1) is 0 Å². The van der Waals surface area contributed by atoms with Crippen molar-refractivity contribution in [3.05, 3.63) is 0 Å². The van der Waals surface area contributed by atoms with Crippen LogP contribution in [0.1, 0.15) is 52.4 Å². The molecule has 3 atom stereocenters. The third kappa shape index (κ3) is 13.1. The number of unbranched alkanes of at least 4 members (excludes halogenated alkanes) is 2. The normalized spacial score (nSPS) is 14.0. The largest absolute Gasteiger partial charge is 0.480 e. The summed E-state index contributed by atoms with van der Waals surface area (Å²) >= 11 is 1.53. The van der Waals surface area contributed by atoms with E-state index in [2.05, 4.69) is 17.6 Å². The molecule has 0 aromatic heterocycles. The van der Waals surface area contributed by atoms with Gasteiger partial charge in [0.25, 0.3) is 0 Å². The number of thioether (sulfide) groups is 1. The molecule has 2 unspecified atom stereocenters. The number of nitrogens with one attached hydrogen (secondary N) is 2. The lowest BCUT2D eigenvalue weighted by Gasteiger charge is -2.20. The van der Waals surface area contributed by atoms with Crippen LogP contribution in [0.25, 0.3) is 0 Å². The van der Waals surface area contributed by atoms with Crippen molar-refractivity contribution in [2.24, 2.45) is 5.73 Å². The van der Waals surface area contributed by atoms with E-state index in [4.69, 9.17) is 15.9 Å². The molecule has 0 radical (unpaired) electrons. The maximum atomic E-state index is 12.2. The quantitative estimate of drug-likeness (QED) is 0.247. The second-order valence-corrected chi connectivity index (χ2v) is 7.83. The Morgan fingerprint density at radius 1 is 1.11 bits per heavy atom. The molecule has 0 aliphatic carbocycles. The maximum Gasteiger partial charge on any atom is 0.322 e. The van der Waals surface area contributed by atoms with Gasteiger partial charge < -0.3 is 26.6 Å². The Hall–Kier alpha value is -1.81. The zero-order valence-electron chi connectivity index (χ0n) is 15.9. The molecule has 0 fully saturated rings. The Morgan fingerprint density at radius 3 is 2.33 bits per heavy atom. The lowest BCUT2D eigenvalue weighted by atomic mass is 10.1. The van der Waals surface area contributed by atoms with Crippen LogP contribution in [0.5, 0.6) is 0 Å². The molecule has 0 bridgehead atoms. The molecule has 0 aromatic carbocycles. The molecule has 0 rings (SSSR count). The van der Waals surface area contributed by atoms with Gasteiger partial charge in [0.2, 0.25) is 11.8 Å². The summed E-state index contributed by atoms with van der Waals surface area (Å²) < 4.78 is 0. The van der Waals surface area contributed by atoms with Crippen LogP contribution in [0.3, 0.4) is 0 Å². The number of rotatable bonds is 15. The highest BCUT2D eigenvalue weighted by molar-refractivity contribution is 7.99. The Bertz CT molecular complexity index is 503. The first-order valence-electron chi connectivity index (χ1n) is 9.06. The average molecular weight is 406 g/mol. The molecule has 27 heavy (non-hydrogen) atoms. The molecule has 0 aliphatic heterocycles. The van der Waals surface area contributed by atoms with E-state index in [0.717, 1.165) is 25.7 Å². The second-order valence-electron chi connectivity index (χ2n) is 6.35. The van der Waals surface area contributed by atoms with E-state index in [-0.39, 0.29) is 12.8 Å². The number of carboxylic acids is 2. The van der Waals surface area contributed by atoms with Crippen LogP contribution in [0.2, 0.25) is 0 Å². The molecule has 0 aromatic rings. The van der Waals surface area contributed by atoms with Crippen molar-refractivity contribution in [2.45, 2.75) is 69.7 Å². The molecular weight excluding hydrogens is 374 g/mol. The lowest BCUT2D eigenvalue weighted by Crippen LogP contribution is -2.49. The molecular formula is C17H31N3O6S. The number of carbonyl (C=O) groups is 4. The van der Waals surface area contributed by atoms with Gasteiger partial charge in [0.1, 0.15) is 18.6 Å². The van der Waals surface area contributed by atoms with Crippen LogP contribution in [0.15, 0.2) is 0 Å². The van der Waals surface area contributed by atoms with Crippen molar-refractivity contribution in [3.63, 3.8) is 0 Å². The minimum absolute atomic E-state index is 0.0504. The van der Waals surface area contributed by atoms with E-state index >= 15 is 0 Å². The zero-order chi connectivity index (χ0) is 20.8. The first-order chi connectivity index (χ1) is 12.7. The van der Waals surface area contributed by atoms with Gasteiger partial charge in [0.15, 0.2) is 0 Å². The van der Waals surface area contributed by atoms with Gasteiger partial charge in [-0.2, -0.15) is 11.8 Å². The predicted octanol–water partition coefficient (Wildman–Crippen LogP) is 0.566. The summed E-state index contributed by atoms with van der Waals surface area (Å²) in [6.07, 6.45) is 4.14. The standard InChI is InChI=1S/C17H31N3O6S/c1-3-4-5-6-11(2)27-10-13(16(24)19-9-15(22)23)20-14(21)8-7-12(18)17(25)26/h11-13H,3-10,18H2,1-2H3,(H,19,24)(H,20,21)(H,22,23)(H,25,26)/t11?,12-,13?/m0/s1. The summed E-state index contributed by atoms with van der Waals surface area (Å²) in [5, 5.41) is 22.5. The second kappa shape index (κ2) is 14.3. The summed E-state index contributed by atoms with van der Waals surface area (Å²) in [6, 6.07) is -2.04. The molecule has 0 heterocycles. The van der Waals surface area contributed by atoms with Crippen LogP contribution in [-0.4, -0.2) is 63.6 Å². The summed E-state index contributed by atoms with van der Waals surface area (Å²) in [7, 11) is 0. The number of carbonyl (C=O) groups excluding carboxylic acids is 2.